The van der Waals surface area contributed by atoms with Gasteiger partial charge in [-0.15, -0.1) is 0 Å². The van der Waals surface area contributed by atoms with Gasteiger partial charge in [0.2, 0.25) is 0 Å². The Morgan fingerprint density at radius 2 is 2.06 bits per heavy atom. The van der Waals surface area contributed by atoms with Crippen LogP contribution >= 0.6 is 0 Å². The van der Waals surface area contributed by atoms with Gasteiger partial charge in [-0.1, -0.05) is 27.2 Å². The van der Waals surface area contributed by atoms with E-state index in [4.69, 9.17) is 9.47 Å². The first-order valence-corrected chi connectivity index (χ1v) is 5.99. The van der Waals surface area contributed by atoms with Crippen LogP contribution in [0.2, 0.25) is 0 Å². The third-order valence-corrected chi connectivity index (χ3v) is 2.42. The molecule has 16 heavy (non-hydrogen) atoms. The molecule has 0 bridgehead atoms. The van der Waals surface area contributed by atoms with Gasteiger partial charge in [-0.2, -0.15) is 0 Å². The Balaban J connectivity index is 3.69. The van der Waals surface area contributed by atoms with Crippen LogP contribution in [0.4, 0.5) is 0 Å². The summed E-state index contributed by atoms with van der Waals surface area (Å²) in [5.41, 5.74) is 0. The van der Waals surface area contributed by atoms with Crippen LogP contribution in [0, 0.1) is 5.92 Å². The lowest BCUT2D eigenvalue weighted by atomic mass is 10.1. The summed E-state index contributed by atoms with van der Waals surface area (Å²) in [6, 6.07) is 0.198. The average Bonchev–Trinajstić information content (AvgIpc) is 2.24. The highest BCUT2D eigenvalue weighted by Gasteiger charge is 2.14. The normalized spacial score (nSPS) is 12.8. The molecule has 0 heterocycles. The van der Waals surface area contributed by atoms with Gasteiger partial charge in [0.05, 0.1) is 19.8 Å². The van der Waals surface area contributed by atoms with Gasteiger partial charge >= 0.3 is 5.97 Å². The number of esters is 1. The molecule has 0 aromatic heterocycles. The third kappa shape index (κ3) is 7.65. The number of ether oxygens (including phenoxy) is 2. The Kier molecular flexibility index (Phi) is 9.24. The molecule has 0 fully saturated rings. The van der Waals surface area contributed by atoms with Crippen molar-refractivity contribution in [3.05, 3.63) is 0 Å². The van der Waals surface area contributed by atoms with Crippen molar-refractivity contribution in [1.29, 1.82) is 0 Å². The van der Waals surface area contributed by atoms with E-state index in [1.165, 1.54) is 0 Å². The van der Waals surface area contributed by atoms with E-state index in [9.17, 15) is 4.79 Å². The molecule has 0 aliphatic carbocycles. The molecule has 0 rings (SSSR count). The van der Waals surface area contributed by atoms with Crippen LogP contribution in [0.1, 0.15) is 33.6 Å². The first-order valence-electron chi connectivity index (χ1n) is 5.99. The smallest absolute Gasteiger partial charge is 0.319 e. The molecule has 1 atom stereocenters. The largest absolute Gasteiger partial charge is 0.465 e. The second kappa shape index (κ2) is 9.60. The Labute approximate surface area is 98.7 Å². The molecule has 0 saturated carbocycles. The number of rotatable bonds is 9. The van der Waals surface area contributed by atoms with Crippen LogP contribution < -0.4 is 5.32 Å². The maximum atomic E-state index is 11.3. The summed E-state index contributed by atoms with van der Waals surface area (Å²) in [5.74, 6) is 0.249. The van der Waals surface area contributed by atoms with Gasteiger partial charge < -0.3 is 14.8 Å². The maximum Gasteiger partial charge on any atom is 0.319 e. The minimum absolute atomic E-state index is 0.185. The first kappa shape index (κ1) is 15.4. The molecule has 0 aromatic rings. The monoisotopic (exact) mass is 231 g/mol. The van der Waals surface area contributed by atoms with Crippen molar-refractivity contribution in [2.75, 3.05) is 26.9 Å². The van der Waals surface area contributed by atoms with E-state index in [1.54, 1.807) is 7.11 Å². The minimum Gasteiger partial charge on any atom is -0.465 e. The molecule has 0 radical (unpaired) electrons. The zero-order valence-corrected chi connectivity index (χ0v) is 10.9. The molecule has 0 aromatic carbocycles. The molecular formula is C12H25NO3. The molecule has 0 aliphatic rings. The Morgan fingerprint density at radius 3 is 2.56 bits per heavy atom. The minimum atomic E-state index is -0.185. The number of methoxy groups -OCH3 is 1. The molecule has 0 spiro atoms. The van der Waals surface area contributed by atoms with Crippen LogP contribution in [0.5, 0.6) is 0 Å². The van der Waals surface area contributed by atoms with Crippen molar-refractivity contribution in [2.24, 2.45) is 5.92 Å². The van der Waals surface area contributed by atoms with E-state index >= 15 is 0 Å². The van der Waals surface area contributed by atoms with Gasteiger partial charge in [-0.25, -0.2) is 0 Å². The molecular weight excluding hydrogens is 206 g/mol. The number of hydrogen-bond acceptors (Lipinski definition) is 4. The second-order valence-electron chi connectivity index (χ2n) is 4.26. The van der Waals surface area contributed by atoms with Gasteiger partial charge in [0, 0.05) is 13.2 Å². The van der Waals surface area contributed by atoms with E-state index in [0.717, 1.165) is 12.8 Å². The first-order chi connectivity index (χ1) is 7.61. The number of carbonyl (C=O) groups excluding carboxylic acids is 1. The topological polar surface area (TPSA) is 47.6 Å². The molecule has 1 unspecified atom stereocenters. The average molecular weight is 231 g/mol. The lowest BCUT2D eigenvalue weighted by molar-refractivity contribution is -0.142. The van der Waals surface area contributed by atoms with Gasteiger partial charge in [0.25, 0.3) is 0 Å². The van der Waals surface area contributed by atoms with Crippen LogP contribution in [0.25, 0.3) is 0 Å². The zero-order chi connectivity index (χ0) is 12.4. The quantitative estimate of drug-likeness (QED) is 0.483. The molecule has 96 valence electrons. The van der Waals surface area contributed by atoms with Crippen LogP contribution in [-0.2, 0) is 14.3 Å². The summed E-state index contributed by atoms with van der Waals surface area (Å²) in [6.07, 6.45) is 1.97. The van der Waals surface area contributed by atoms with Gasteiger partial charge in [0.15, 0.2) is 0 Å². The van der Waals surface area contributed by atoms with E-state index < -0.39 is 0 Å². The van der Waals surface area contributed by atoms with E-state index in [-0.39, 0.29) is 18.6 Å². The SMILES string of the molecule is CCCCOC(=O)CNC(COC)C(C)C. The van der Waals surface area contributed by atoms with Crippen LogP contribution in [0.15, 0.2) is 0 Å². The summed E-state index contributed by atoms with van der Waals surface area (Å²) in [4.78, 5) is 11.3. The standard InChI is InChI=1S/C12H25NO3/c1-5-6-7-16-12(14)8-13-11(9-15-4)10(2)3/h10-11,13H,5-9H2,1-4H3. The van der Waals surface area contributed by atoms with Crippen molar-refractivity contribution in [1.82, 2.24) is 5.32 Å². The van der Waals surface area contributed by atoms with E-state index in [2.05, 4.69) is 26.1 Å². The van der Waals surface area contributed by atoms with E-state index in [1.807, 2.05) is 0 Å². The summed E-state index contributed by atoms with van der Waals surface area (Å²) < 4.78 is 10.1. The van der Waals surface area contributed by atoms with Crippen molar-refractivity contribution >= 4 is 5.97 Å². The Morgan fingerprint density at radius 1 is 1.38 bits per heavy atom. The Hall–Kier alpha value is -0.610. The van der Waals surface area contributed by atoms with Gasteiger partial charge in [-0.05, 0) is 12.3 Å². The van der Waals surface area contributed by atoms with Crippen molar-refractivity contribution in [2.45, 2.75) is 39.7 Å². The number of hydrogen-bond donors (Lipinski definition) is 1. The summed E-state index contributed by atoms with van der Waals surface area (Å²) in [6.45, 7) is 7.65. The molecule has 0 aliphatic heterocycles. The summed E-state index contributed by atoms with van der Waals surface area (Å²) in [5, 5.41) is 3.15. The zero-order valence-electron chi connectivity index (χ0n) is 10.9. The highest BCUT2D eigenvalue weighted by molar-refractivity contribution is 5.71. The molecule has 0 amide bonds. The fourth-order valence-corrected chi connectivity index (χ4v) is 1.26. The fraction of sp³-hybridized carbons (Fsp3) is 0.917. The third-order valence-electron chi connectivity index (χ3n) is 2.42. The van der Waals surface area contributed by atoms with Crippen LogP contribution in [-0.4, -0.2) is 38.9 Å². The molecule has 1 N–H and O–H groups in total. The maximum absolute atomic E-state index is 11.3. The second-order valence-corrected chi connectivity index (χ2v) is 4.26. The lowest BCUT2D eigenvalue weighted by Crippen LogP contribution is -2.41. The van der Waals surface area contributed by atoms with Gasteiger partial charge in [-0.3, -0.25) is 4.79 Å². The van der Waals surface area contributed by atoms with Gasteiger partial charge in [0.1, 0.15) is 0 Å². The van der Waals surface area contributed by atoms with Crippen LogP contribution in [0.3, 0.4) is 0 Å². The molecule has 0 saturated heterocycles. The molecule has 4 nitrogen and oxygen atoms in total. The summed E-state index contributed by atoms with van der Waals surface area (Å²) in [7, 11) is 1.66. The molecule has 4 heteroatoms. The number of nitrogens with one attached hydrogen (secondary N) is 1. The fourth-order valence-electron chi connectivity index (χ4n) is 1.26. The van der Waals surface area contributed by atoms with Crippen molar-refractivity contribution in [3.63, 3.8) is 0 Å². The highest BCUT2D eigenvalue weighted by atomic mass is 16.5. The summed E-state index contributed by atoms with van der Waals surface area (Å²) >= 11 is 0. The lowest BCUT2D eigenvalue weighted by Gasteiger charge is -2.20. The van der Waals surface area contributed by atoms with E-state index in [0.29, 0.717) is 19.1 Å². The predicted molar refractivity (Wildman–Crippen MR) is 64.4 cm³/mol. The number of carbonyl (C=O) groups is 1. The van der Waals surface area contributed by atoms with Crippen molar-refractivity contribution < 1.29 is 14.3 Å². The predicted octanol–water partition coefficient (Wildman–Crippen LogP) is 1.59. The Bertz CT molecular complexity index is 183. The highest BCUT2D eigenvalue weighted by Crippen LogP contribution is 2.01. The number of unbranched alkanes of at least 4 members (excludes halogenated alkanes) is 1. The van der Waals surface area contributed by atoms with Crippen molar-refractivity contribution in [3.8, 4) is 0 Å².